The Bertz CT molecular complexity index is 861. The molecule has 3 nitrogen and oxygen atoms in total. The van der Waals surface area contributed by atoms with E-state index in [2.05, 4.69) is 107 Å². The minimum atomic E-state index is 0.875. The first kappa shape index (κ1) is 22.8. The van der Waals surface area contributed by atoms with Crippen LogP contribution in [0.15, 0.2) is 58.5 Å². The summed E-state index contributed by atoms with van der Waals surface area (Å²) in [4.78, 5) is 12.6. The number of para-hydroxylation sites is 2. The van der Waals surface area contributed by atoms with E-state index in [4.69, 9.17) is 0 Å². The van der Waals surface area contributed by atoms with Crippen LogP contribution in [0.2, 0.25) is 0 Å². The van der Waals surface area contributed by atoms with Crippen LogP contribution in [0.3, 0.4) is 0 Å². The molecule has 0 bridgehead atoms. The summed E-state index contributed by atoms with van der Waals surface area (Å²) >= 11 is 7.00. The molecule has 1 aromatic heterocycles. The number of aromatic nitrogens is 1. The van der Waals surface area contributed by atoms with E-state index in [9.17, 15) is 0 Å². The van der Waals surface area contributed by atoms with Gasteiger partial charge in [-0.25, -0.2) is 0 Å². The molecule has 0 saturated carbocycles. The molecule has 0 atom stereocenters. The fourth-order valence-electron chi connectivity index (χ4n) is 2.87. The zero-order valence-corrected chi connectivity index (χ0v) is 20.6. The number of aryl methyl sites for hydroxylation is 4. The molecular formula is C22H23Br2FeN3. The predicted octanol–water partition coefficient (Wildman–Crippen LogP) is 7.44. The van der Waals surface area contributed by atoms with E-state index >= 15 is 0 Å². The molecule has 0 saturated heterocycles. The monoisotopic (exact) mass is 543 g/mol. The Morgan fingerprint density at radius 2 is 1.00 bits per heavy atom. The number of nitrogens with zero attached hydrogens (tertiary/aromatic N) is 2. The quantitative estimate of drug-likeness (QED) is 0.262. The number of H-pyrrole nitrogens is 1. The van der Waals surface area contributed by atoms with Crippen molar-refractivity contribution >= 4 is 52.0 Å². The van der Waals surface area contributed by atoms with Crippen LogP contribution in [-0.4, -0.2) is 17.4 Å². The topological polar surface area (TPSA) is 40.5 Å². The molecule has 0 fully saturated rings. The fraction of sp³-hybridized carbons (Fsp3) is 0.182. The second-order valence-corrected chi connectivity index (χ2v) is 12.0. The molecule has 0 radical (unpaired) electrons. The van der Waals surface area contributed by atoms with Gasteiger partial charge in [-0.05, 0) is 62.1 Å². The standard InChI is InChI=1S/C22H23N3.2BrH.Fe/c1-15-7-5-8-16(2)21(15)23-13-19-11-12-20(25-19)14-24-22-17(3)9-6-10-18(22)4;;;/h5-14,25H,1-4H3;2*1H;/q;;;+2/p-2. The Morgan fingerprint density at radius 1 is 0.679 bits per heavy atom. The van der Waals surface area contributed by atoms with Crippen LogP contribution in [0.1, 0.15) is 33.6 Å². The summed E-state index contributed by atoms with van der Waals surface area (Å²) < 4.78 is 0. The Morgan fingerprint density at radius 3 is 1.32 bits per heavy atom. The third-order valence-corrected chi connectivity index (χ3v) is 4.28. The third-order valence-electron chi connectivity index (χ3n) is 4.28. The number of aromatic amines is 1. The Labute approximate surface area is 187 Å². The second-order valence-electron chi connectivity index (χ2n) is 6.42. The van der Waals surface area contributed by atoms with Crippen LogP contribution >= 0.6 is 28.2 Å². The molecule has 148 valence electrons. The molecule has 0 spiro atoms. The summed E-state index contributed by atoms with van der Waals surface area (Å²) in [5.41, 5.74) is 8.71. The summed E-state index contributed by atoms with van der Waals surface area (Å²) in [5.74, 6) is 0. The summed E-state index contributed by atoms with van der Waals surface area (Å²) in [5, 5.41) is 0. The average Bonchev–Trinajstić information content (AvgIpc) is 3.09. The Hall–Kier alpha value is -1.46. The molecule has 3 aromatic rings. The van der Waals surface area contributed by atoms with Gasteiger partial charge < -0.3 is 4.98 Å². The van der Waals surface area contributed by atoms with Crippen molar-refractivity contribution in [3.8, 4) is 0 Å². The molecule has 6 heteroatoms. The van der Waals surface area contributed by atoms with Crippen molar-refractivity contribution < 1.29 is 11.3 Å². The average molecular weight is 545 g/mol. The van der Waals surface area contributed by atoms with E-state index in [1.165, 1.54) is 22.3 Å². The van der Waals surface area contributed by atoms with Gasteiger partial charge in [0.05, 0.1) is 35.2 Å². The molecule has 1 heterocycles. The predicted molar refractivity (Wildman–Crippen MR) is 125 cm³/mol. The zero-order valence-electron chi connectivity index (χ0n) is 16.3. The summed E-state index contributed by atoms with van der Waals surface area (Å²) in [6.45, 7) is 8.32. The van der Waals surface area contributed by atoms with Crippen molar-refractivity contribution in [2.45, 2.75) is 27.7 Å². The second kappa shape index (κ2) is 11.5. The van der Waals surface area contributed by atoms with Gasteiger partial charge in [0.25, 0.3) is 0 Å². The van der Waals surface area contributed by atoms with Gasteiger partial charge in [-0.1, -0.05) is 36.4 Å². The SMILES string of the molecule is Cc1cccc(C)c1N=Cc1ccc(C=Nc2c(C)cccc2C)[nH]1.[Br][Fe][Br]. The first-order valence-electron chi connectivity index (χ1n) is 8.71. The van der Waals surface area contributed by atoms with E-state index in [0.29, 0.717) is 0 Å². The summed E-state index contributed by atoms with van der Waals surface area (Å²) in [6.07, 6.45) is 3.73. The molecule has 0 aliphatic carbocycles. The molecule has 3 rings (SSSR count). The van der Waals surface area contributed by atoms with Crippen LogP contribution in [0.25, 0.3) is 0 Å². The number of hydrogen-bond donors (Lipinski definition) is 1. The van der Waals surface area contributed by atoms with Crippen LogP contribution in [0.5, 0.6) is 0 Å². The van der Waals surface area contributed by atoms with Crippen LogP contribution < -0.4 is 0 Å². The van der Waals surface area contributed by atoms with E-state index in [1.807, 2.05) is 24.6 Å². The van der Waals surface area contributed by atoms with E-state index in [1.54, 1.807) is 0 Å². The van der Waals surface area contributed by atoms with Gasteiger partial charge in [-0.2, -0.15) is 0 Å². The molecule has 2 aromatic carbocycles. The first-order valence-corrected chi connectivity index (χ1v) is 14.2. The van der Waals surface area contributed by atoms with E-state index in [-0.39, 0.29) is 0 Å². The minimum absolute atomic E-state index is 0.875. The molecule has 0 aliphatic heterocycles. The number of aliphatic imine (C=N–C) groups is 2. The van der Waals surface area contributed by atoms with Gasteiger partial charge in [0.15, 0.2) is 0 Å². The Kier molecular flexibility index (Phi) is 9.39. The van der Waals surface area contributed by atoms with Crippen LogP contribution in [-0.2, 0) is 11.3 Å². The number of hydrogen-bond acceptors (Lipinski definition) is 2. The third kappa shape index (κ3) is 6.56. The van der Waals surface area contributed by atoms with Gasteiger partial charge in [0, 0.05) is 0 Å². The van der Waals surface area contributed by atoms with Crippen LogP contribution in [0.4, 0.5) is 11.4 Å². The first-order chi connectivity index (χ1) is 13.5. The normalized spacial score (nSPS) is 11.2. The van der Waals surface area contributed by atoms with Crippen molar-refractivity contribution in [2.75, 3.05) is 0 Å². The molecule has 0 aliphatic rings. The van der Waals surface area contributed by atoms with Crippen molar-refractivity contribution in [3.05, 3.63) is 82.2 Å². The number of rotatable bonds is 4. The Balaban J connectivity index is 0.000000878. The number of halogens is 2. The van der Waals surface area contributed by atoms with Crippen molar-refractivity contribution in [3.63, 3.8) is 0 Å². The maximum atomic E-state index is 4.63. The molecule has 28 heavy (non-hydrogen) atoms. The van der Waals surface area contributed by atoms with Crippen molar-refractivity contribution in [2.24, 2.45) is 9.98 Å². The molecule has 0 amide bonds. The fourth-order valence-corrected chi connectivity index (χ4v) is 2.87. The van der Waals surface area contributed by atoms with Crippen molar-refractivity contribution in [1.82, 2.24) is 4.98 Å². The van der Waals surface area contributed by atoms with Gasteiger partial charge in [0.1, 0.15) is 0 Å². The van der Waals surface area contributed by atoms with E-state index < -0.39 is 0 Å². The molecule has 0 unspecified atom stereocenters. The van der Waals surface area contributed by atoms with Crippen LogP contribution in [0, 0.1) is 27.7 Å². The van der Waals surface area contributed by atoms with E-state index in [0.717, 1.165) is 34.1 Å². The van der Waals surface area contributed by atoms with Gasteiger partial charge >= 0.3 is 39.6 Å². The van der Waals surface area contributed by atoms with Gasteiger partial charge in [-0.3, -0.25) is 9.98 Å². The number of nitrogens with one attached hydrogen (secondary N) is 1. The zero-order chi connectivity index (χ0) is 20.5. The number of benzene rings is 2. The van der Waals surface area contributed by atoms with Crippen molar-refractivity contribution in [1.29, 1.82) is 0 Å². The maximum absolute atomic E-state index is 4.63. The molecule has 1 N–H and O–H groups in total. The molecular weight excluding hydrogens is 522 g/mol. The summed E-state index contributed by atoms with van der Waals surface area (Å²) in [6, 6.07) is 16.5. The summed E-state index contributed by atoms with van der Waals surface area (Å²) in [7, 11) is 0. The van der Waals surface area contributed by atoms with Gasteiger partial charge in [0.2, 0.25) is 0 Å². The van der Waals surface area contributed by atoms with Gasteiger partial charge in [-0.15, -0.1) is 0 Å².